The standard InChI is InChI=1S/C25H29ClFN5O3.CH4/c1-31(2)25(33)32(3)16-6-8-17(9-7-16)35-23-12-18-21(13-22(23)34-4)28-14-29-24(18)30-15-5-10-20(27)19(26)11-15;/h5,10-14,16-17H,6-9H2,1-4H3,(H,28,29,30);1H4. The number of amides is 2. The second kappa shape index (κ2) is 11.6. The molecule has 3 aromatic rings. The molecule has 0 spiro atoms. The molecule has 0 radical (unpaired) electrons. The maximum Gasteiger partial charge on any atom is 0.319 e. The van der Waals surface area contributed by atoms with Gasteiger partial charge in [0.25, 0.3) is 0 Å². The molecule has 10 heteroatoms. The number of rotatable bonds is 6. The topological polar surface area (TPSA) is 79.8 Å². The van der Waals surface area contributed by atoms with Crippen LogP contribution in [0.1, 0.15) is 33.1 Å². The first-order chi connectivity index (χ1) is 16.8. The normalized spacial score (nSPS) is 17.2. The lowest BCUT2D eigenvalue weighted by Gasteiger charge is -2.36. The largest absolute Gasteiger partial charge is 0.493 e. The first-order valence-electron chi connectivity index (χ1n) is 11.4. The Morgan fingerprint density at radius 2 is 1.81 bits per heavy atom. The van der Waals surface area contributed by atoms with Gasteiger partial charge >= 0.3 is 6.03 Å². The van der Waals surface area contributed by atoms with Gasteiger partial charge in [-0.1, -0.05) is 19.0 Å². The summed E-state index contributed by atoms with van der Waals surface area (Å²) in [6.07, 6.45) is 4.80. The minimum absolute atomic E-state index is 0. The van der Waals surface area contributed by atoms with E-state index >= 15 is 0 Å². The minimum atomic E-state index is -0.489. The Kier molecular flexibility index (Phi) is 8.79. The fourth-order valence-corrected chi connectivity index (χ4v) is 4.51. The Morgan fingerprint density at radius 1 is 1.08 bits per heavy atom. The fourth-order valence-electron chi connectivity index (χ4n) is 4.33. The maximum atomic E-state index is 13.6. The SMILES string of the molecule is C.COc1cc2ncnc(Nc3ccc(F)c(Cl)c3)c2cc1OC1CCC(N(C)C(=O)N(C)C)CC1. The van der Waals surface area contributed by atoms with Crippen LogP contribution in [0.4, 0.5) is 20.7 Å². The van der Waals surface area contributed by atoms with E-state index in [1.54, 1.807) is 32.2 Å². The highest BCUT2D eigenvalue weighted by atomic mass is 35.5. The van der Waals surface area contributed by atoms with Crippen molar-refractivity contribution in [1.29, 1.82) is 0 Å². The molecule has 0 aliphatic heterocycles. The average molecular weight is 518 g/mol. The summed E-state index contributed by atoms with van der Waals surface area (Å²) in [7, 11) is 6.96. The van der Waals surface area contributed by atoms with Crippen molar-refractivity contribution < 1.29 is 18.7 Å². The molecule has 1 aromatic heterocycles. The number of urea groups is 1. The van der Waals surface area contributed by atoms with Crippen molar-refractivity contribution >= 4 is 40.0 Å². The van der Waals surface area contributed by atoms with E-state index in [1.807, 2.05) is 24.1 Å². The predicted molar refractivity (Wildman–Crippen MR) is 141 cm³/mol. The van der Waals surface area contributed by atoms with E-state index in [2.05, 4.69) is 15.3 Å². The number of nitrogens with one attached hydrogen (secondary N) is 1. The van der Waals surface area contributed by atoms with Crippen molar-refractivity contribution in [3.8, 4) is 11.5 Å². The minimum Gasteiger partial charge on any atom is -0.493 e. The number of carbonyl (C=O) groups is 1. The van der Waals surface area contributed by atoms with Gasteiger partial charge in [0.2, 0.25) is 0 Å². The molecule has 194 valence electrons. The molecule has 1 heterocycles. The number of hydrogen-bond donors (Lipinski definition) is 1. The lowest BCUT2D eigenvalue weighted by atomic mass is 9.92. The van der Waals surface area contributed by atoms with Crippen LogP contribution in [0.5, 0.6) is 11.5 Å². The average Bonchev–Trinajstić information content (AvgIpc) is 2.85. The number of anilines is 2. The monoisotopic (exact) mass is 517 g/mol. The van der Waals surface area contributed by atoms with Gasteiger partial charge in [-0.15, -0.1) is 0 Å². The Balaban J connectivity index is 0.00000361. The number of carbonyl (C=O) groups excluding carboxylic acids is 1. The van der Waals surface area contributed by atoms with Crippen LogP contribution < -0.4 is 14.8 Å². The molecule has 4 rings (SSSR count). The van der Waals surface area contributed by atoms with Gasteiger partial charge in [0.05, 0.1) is 23.8 Å². The summed E-state index contributed by atoms with van der Waals surface area (Å²) in [6, 6.07) is 8.25. The highest BCUT2D eigenvalue weighted by Gasteiger charge is 2.29. The third-order valence-corrected chi connectivity index (χ3v) is 6.56. The quantitative estimate of drug-likeness (QED) is 0.424. The number of hydrogen-bond acceptors (Lipinski definition) is 6. The van der Waals surface area contributed by atoms with Crippen LogP contribution in [0.3, 0.4) is 0 Å². The van der Waals surface area contributed by atoms with E-state index in [4.69, 9.17) is 21.1 Å². The van der Waals surface area contributed by atoms with E-state index in [-0.39, 0.29) is 30.6 Å². The number of benzene rings is 2. The van der Waals surface area contributed by atoms with Gasteiger partial charge in [-0.25, -0.2) is 19.2 Å². The summed E-state index contributed by atoms with van der Waals surface area (Å²) in [5.74, 6) is 1.22. The summed E-state index contributed by atoms with van der Waals surface area (Å²) in [5, 5.41) is 3.93. The van der Waals surface area contributed by atoms with Crippen molar-refractivity contribution in [2.45, 2.75) is 45.3 Å². The number of ether oxygens (including phenoxy) is 2. The molecule has 0 bridgehead atoms. The molecule has 36 heavy (non-hydrogen) atoms. The number of aromatic nitrogens is 2. The van der Waals surface area contributed by atoms with Crippen LogP contribution in [0.25, 0.3) is 10.9 Å². The van der Waals surface area contributed by atoms with Crippen molar-refractivity contribution in [1.82, 2.24) is 19.8 Å². The number of methoxy groups -OCH3 is 1. The predicted octanol–water partition coefficient (Wildman–Crippen LogP) is 6.11. The van der Waals surface area contributed by atoms with E-state index < -0.39 is 5.82 Å². The summed E-state index contributed by atoms with van der Waals surface area (Å²) < 4.78 is 25.5. The van der Waals surface area contributed by atoms with Gasteiger partial charge in [0.15, 0.2) is 11.5 Å². The molecule has 2 aromatic carbocycles. The van der Waals surface area contributed by atoms with E-state index in [9.17, 15) is 9.18 Å². The van der Waals surface area contributed by atoms with Crippen LogP contribution in [0, 0.1) is 5.82 Å². The van der Waals surface area contributed by atoms with Crippen molar-refractivity contribution in [3.05, 3.63) is 47.5 Å². The Labute approximate surface area is 216 Å². The lowest BCUT2D eigenvalue weighted by Crippen LogP contribution is -2.45. The molecule has 0 saturated heterocycles. The smallest absolute Gasteiger partial charge is 0.319 e. The van der Waals surface area contributed by atoms with E-state index in [1.165, 1.54) is 18.5 Å². The zero-order valence-electron chi connectivity index (χ0n) is 20.2. The molecule has 8 nitrogen and oxygen atoms in total. The van der Waals surface area contributed by atoms with Gasteiger partial charge in [0.1, 0.15) is 18.0 Å². The Hall–Kier alpha value is -3.33. The first kappa shape index (κ1) is 27.3. The highest BCUT2D eigenvalue weighted by molar-refractivity contribution is 6.31. The third kappa shape index (κ3) is 5.90. The number of fused-ring (bicyclic) bond motifs is 1. The molecule has 0 atom stereocenters. The van der Waals surface area contributed by atoms with Crippen LogP contribution in [-0.2, 0) is 0 Å². The van der Waals surface area contributed by atoms with Crippen LogP contribution >= 0.6 is 11.6 Å². The van der Waals surface area contributed by atoms with Gasteiger partial charge in [-0.2, -0.15) is 0 Å². The second-order valence-electron chi connectivity index (χ2n) is 8.83. The molecule has 1 saturated carbocycles. The van der Waals surface area contributed by atoms with Crippen LogP contribution in [0.15, 0.2) is 36.7 Å². The molecule has 1 fully saturated rings. The van der Waals surface area contributed by atoms with Crippen LogP contribution in [0.2, 0.25) is 5.02 Å². The lowest BCUT2D eigenvalue weighted by molar-refractivity contribution is 0.0991. The maximum absolute atomic E-state index is 13.6. The summed E-state index contributed by atoms with van der Waals surface area (Å²) in [6.45, 7) is 0. The van der Waals surface area contributed by atoms with E-state index in [0.29, 0.717) is 28.5 Å². The van der Waals surface area contributed by atoms with Crippen molar-refractivity contribution in [2.24, 2.45) is 0 Å². The highest BCUT2D eigenvalue weighted by Crippen LogP contribution is 2.37. The van der Waals surface area contributed by atoms with E-state index in [0.717, 1.165) is 31.1 Å². The molecule has 2 amide bonds. The second-order valence-corrected chi connectivity index (χ2v) is 9.24. The molecular weight excluding hydrogens is 485 g/mol. The summed E-state index contributed by atoms with van der Waals surface area (Å²) >= 11 is 5.93. The summed E-state index contributed by atoms with van der Waals surface area (Å²) in [4.78, 5) is 24.4. The molecule has 0 unspecified atom stereocenters. The molecular formula is C26H33ClFN5O3. The number of nitrogens with zero attached hydrogens (tertiary/aromatic N) is 4. The molecule has 1 aliphatic rings. The van der Waals surface area contributed by atoms with Crippen molar-refractivity contribution in [2.75, 3.05) is 33.6 Å². The fraction of sp³-hybridized carbons (Fsp3) is 0.423. The van der Waals surface area contributed by atoms with Gasteiger partial charge in [-0.3, -0.25) is 0 Å². The molecule has 1 N–H and O–H groups in total. The zero-order valence-corrected chi connectivity index (χ0v) is 21.0. The third-order valence-electron chi connectivity index (χ3n) is 6.27. The Bertz CT molecular complexity index is 1220. The van der Waals surface area contributed by atoms with Crippen LogP contribution in [-0.4, -0.2) is 66.2 Å². The summed E-state index contributed by atoms with van der Waals surface area (Å²) in [5.41, 5.74) is 1.27. The molecule has 1 aliphatic carbocycles. The zero-order chi connectivity index (χ0) is 25.1. The van der Waals surface area contributed by atoms with Crippen molar-refractivity contribution in [3.63, 3.8) is 0 Å². The van der Waals surface area contributed by atoms with Gasteiger partial charge in [-0.05, 0) is 49.9 Å². The van der Waals surface area contributed by atoms with Gasteiger partial charge < -0.3 is 24.6 Å². The first-order valence-corrected chi connectivity index (χ1v) is 11.8. The van der Waals surface area contributed by atoms with Gasteiger partial charge in [0, 0.05) is 44.3 Å². The number of halogens is 2. The Morgan fingerprint density at radius 3 is 2.44 bits per heavy atom.